The summed E-state index contributed by atoms with van der Waals surface area (Å²) in [5.41, 5.74) is 7.24. The van der Waals surface area contributed by atoms with E-state index in [1.807, 2.05) is 0 Å². The number of rotatable bonds is 11. The zero-order chi connectivity index (χ0) is 30.3. The Bertz CT molecular complexity index is 1350. The van der Waals surface area contributed by atoms with Gasteiger partial charge in [0.15, 0.2) is 0 Å². The van der Waals surface area contributed by atoms with E-state index in [-0.39, 0.29) is 17.0 Å². The Labute approximate surface area is 236 Å². The van der Waals surface area contributed by atoms with Crippen LogP contribution >= 0.6 is 11.9 Å². The molecule has 2 aromatic rings. The van der Waals surface area contributed by atoms with E-state index in [1.165, 1.54) is 18.2 Å². The highest BCUT2D eigenvalue weighted by atomic mass is 32.2. The summed E-state index contributed by atoms with van der Waals surface area (Å²) in [5.74, 6) is -6.31. The third-order valence-corrected chi connectivity index (χ3v) is 6.90. The van der Waals surface area contributed by atoms with Gasteiger partial charge in [0.25, 0.3) is 5.91 Å². The van der Waals surface area contributed by atoms with Gasteiger partial charge in [-0.2, -0.15) is 13.2 Å². The van der Waals surface area contributed by atoms with Gasteiger partial charge < -0.3 is 26.2 Å². The molecule has 0 saturated heterocycles. The topological polar surface area (TPSA) is 163 Å². The number of alkyl halides is 3. The van der Waals surface area contributed by atoms with Gasteiger partial charge in [0.2, 0.25) is 18.0 Å². The molecule has 2 aromatic carbocycles. The number of hydrogen-bond acceptors (Lipinski definition) is 7. The number of anilines is 1. The van der Waals surface area contributed by atoms with Crippen molar-refractivity contribution < 1.29 is 41.8 Å². The molecule has 220 valence electrons. The van der Waals surface area contributed by atoms with Crippen molar-refractivity contribution in [2.75, 3.05) is 11.1 Å². The second-order valence-corrected chi connectivity index (χ2v) is 10.0. The molecule has 3 rings (SSSR count). The molecule has 0 spiro atoms. The van der Waals surface area contributed by atoms with Crippen molar-refractivity contribution in [3.63, 3.8) is 0 Å². The van der Waals surface area contributed by atoms with Crippen LogP contribution in [0.15, 0.2) is 47.5 Å². The van der Waals surface area contributed by atoms with Gasteiger partial charge in [0.1, 0.15) is 11.9 Å². The number of para-hydroxylation sites is 1. The predicted octanol–water partition coefficient (Wildman–Crippen LogP) is 2.89. The van der Waals surface area contributed by atoms with E-state index in [1.54, 1.807) is 31.2 Å². The molecule has 41 heavy (non-hydrogen) atoms. The molecule has 0 fully saturated rings. The first kappa shape index (κ1) is 31.5. The molecule has 0 bridgehead atoms. The number of benzodiazepines with no additional fused rings is 1. The molecule has 3 atom stereocenters. The van der Waals surface area contributed by atoms with Crippen LogP contribution < -0.4 is 21.1 Å². The van der Waals surface area contributed by atoms with E-state index < -0.39 is 73.1 Å². The number of nitrogens with two attached hydrogens (primary N) is 1. The number of nitrogens with one attached hydrogen (secondary N) is 3. The summed E-state index contributed by atoms with van der Waals surface area (Å²) in [5, 5.41) is 13.8. The summed E-state index contributed by atoms with van der Waals surface area (Å²) in [4.78, 5) is 53.8. The number of carbonyl (C=O) groups is 4. The summed E-state index contributed by atoms with van der Waals surface area (Å²) >= 11 is 0.631. The number of amides is 3. The Morgan fingerprint density at radius 2 is 1.90 bits per heavy atom. The average Bonchev–Trinajstić information content (AvgIpc) is 3.03. The number of hydrogen-bond donors (Lipinski definition) is 5. The van der Waals surface area contributed by atoms with Gasteiger partial charge in [-0.3, -0.25) is 19.2 Å². The number of aliphatic carboxylic acids is 1. The maximum Gasteiger partial charge on any atom is 0.389 e. The molecule has 15 heteroatoms. The van der Waals surface area contributed by atoms with Crippen molar-refractivity contribution in [2.45, 2.75) is 44.6 Å². The Morgan fingerprint density at radius 3 is 2.56 bits per heavy atom. The summed E-state index contributed by atoms with van der Waals surface area (Å²) in [6.07, 6.45) is -9.08. The fourth-order valence-electron chi connectivity index (χ4n) is 3.91. The van der Waals surface area contributed by atoms with Crippen LogP contribution in [-0.4, -0.2) is 58.6 Å². The van der Waals surface area contributed by atoms with Crippen molar-refractivity contribution in [2.24, 2.45) is 16.6 Å². The second-order valence-electron chi connectivity index (χ2n) is 9.22. The summed E-state index contributed by atoms with van der Waals surface area (Å²) in [7, 11) is 0. The molecule has 6 N–H and O–H groups in total. The van der Waals surface area contributed by atoms with E-state index >= 15 is 0 Å². The van der Waals surface area contributed by atoms with Gasteiger partial charge in [0, 0.05) is 35.6 Å². The molecule has 0 aromatic heterocycles. The lowest BCUT2D eigenvalue weighted by Gasteiger charge is -2.20. The average molecular weight is 598 g/mol. The monoisotopic (exact) mass is 597 g/mol. The highest BCUT2D eigenvalue weighted by molar-refractivity contribution is 7.98. The number of nitrogens with zero attached hydrogens (tertiary/aromatic N) is 1. The van der Waals surface area contributed by atoms with Crippen molar-refractivity contribution in [1.29, 1.82) is 0 Å². The largest absolute Gasteiger partial charge is 0.480 e. The van der Waals surface area contributed by atoms with Crippen LogP contribution in [0.2, 0.25) is 0 Å². The van der Waals surface area contributed by atoms with Crippen LogP contribution in [-0.2, 0) is 19.2 Å². The predicted molar refractivity (Wildman–Crippen MR) is 143 cm³/mol. The first-order chi connectivity index (χ1) is 19.2. The number of benzene rings is 2. The van der Waals surface area contributed by atoms with Crippen molar-refractivity contribution in [3.05, 3.63) is 65.0 Å². The van der Waals surface area contributed by atoms with E-state index in [9.17, 15) is 36.7 Å². The first-order valence-electron chi connectivity index (χ1n) is 12.3. The zero-order valence-electron chi connectivity index (χ0n) is 21.6. The Hall–Kier alpha value is -3.98. The standard InChI is InChI=1S/C26H27F4N5O5S/c1-13-4-2-7-17-20(13)33-24(38)22(32-21(17)14-5-3-6-16(27)10-14)34-23(37)15(8-9-26(28,29)30)11-19(36)35-41-12-18(31)25(39)40/h2-7,10,15,18,22H,8-9,11-12,31H2,1H3,(H,33,38)(H,34,37)(H,35,36)(H,39,40). The number of carboxylic acids is 1. The molecule has 10 nitrogen and oxygen atoms in total. The molecule has 3 unspecified atom stereocenters. The number of fused-ring (bicyclic) bond motifs is 1. The number of aliphatic imine (C=N–C) groups is 1. The second kappa shape index (κ2) is 13.6. The van der Waals surface area contributed by atoms with Gasteiger partial charge in [-0.1, -0.05) is 30.3 Å². The molecule has 1 aliphatic rings. The number of halogens is 4. The maximum atomic E-state index is 14.1. The molecule has 0 saturated carbocycles. The van der Waals surface area contributed by atoms with Crippen molar-refractivity contribution in [1.82, 2.24) is 10.0 Å². The number of carbonyl (C=O) groups excluding carboxylic acids is 3. The third kappa shape index (κ3) is 9.01. The highest BCUT2D eigenvalue weighted by Gasteiger charge is 2.34. The minimum absolute atomic E-state index is 0.155. The van der Waals surface area contributed by atoms with Gasteiger partial charge in [-0.25, -0.2) is 9.38 Å². The van der Waals surface area contributed by atoms with Crippen LogP contribution in [0, 0.1) is 18.7 Å². The van der Waals surface area contributed by atoms with E-state index in [0.29, 0.717) is 28.8 Å². The fourth-order valence-corrected chi connectivity index (χ4v) is 4.56. The SMILES string of the molecule is Cc1cccc2c1NC(=O)C(NC(=O)C(CCC(F)(F)F)CC(=O)NSCC(N)C(=O)O)N=C2c1cccc(F)c1. The summed E-state index contributed by atoms with van der Waals surface area (Å²) in [6.45, 7) is 1.72. The van der Waals surface area contributed by atoms with Gasteiger partial charge in [-0.15, -0.1) is 0 Å². The quantitative estimate of drug-likeness (QED) is 0.196. The van der Waals surface area contributed by atoms with Crippen LogP contribution in [0.4, 0.5) is 23.2 Å². The minimum atomic E-state index is -4.63. The van der Waals surface area contributed by atoms with E-state index in [4.69, 9.17) is 10.8 Å². The summed E-state index contributed by atoms with van der Waals surface area (Å²) < 4.78 is 55.3. The van der Waals surface area contributed by atoms with Gasteiger partial charge in [0.05, 0.1) is 11.4 Å². The lowest BCUT2D eigenvalue weighted by molar-refractivity contribution is -0.143. The van der Waals surface area contributed by atoms with Crippen molar-refractivity contribution >= 4 is 47.0 Å². The van der Waals surface area contributed by atoms with Crippen LogP contribution in [0.25, 0.3) is 0 Å². The van der Waals surface area contributed by atoms with Gasteiger partial charge >= 0.3 is 12.1 Å². The number of carboxylic acid groups (broad SMARTS) is 1. The maximum absolute atomic E-state index is 14.1. The molecule has 1 heterocycles. The van der Waals surface area contributed by atoms with E-state index in [2.05, 4.69) is 20.3 Å². The fraction of sp³-hybridized carbons (Fsp3) is 0.346. The zero-order valence-corrected chi connectivity index (χ0v) is 22.4. The van der Waals surface area contributed by atoms with Crippen LogP contribution in [0.3, 0.4) is 0 Å². The van der Waals surface area contributed by atoms with Crippen molar-refractivity contribution in [3.8, 4) is 0 Å². The highest BCUT2D eigenvalue weighted by Crippen LogP contribution is 2.29. The summed E-state index contributed by atoms with van der Waals surface area (Å²) in [6, 6.07) is 9.14. The normalized spacial score (nSPS) is 16.4. The van der Waals surface area contributed by atoms with Gasteiger partial charge in [-0.05, 0) is 43.0 Å². The lowest BCUT2D eigenvalue weighted by Crippen LogP contribution is -2.45. The Morgan fingerprint density at radius 1 is 1.20 bits per heavy atom. The Kier molecular flexibility index (Phi) is 10.5. The molecular weight excluding hydrogens is 570 g/mol. The lowest BCUT2D eigenvalue weighted by atomic mass is 9.97. The molecule has 0 aliphatic carbocycles. The molecular formula is C26H27F4N5O5S. The Balaban J connectivity index is 1.86. The first-order valence-corrected chi connectivity index (χ1v) is 13.2. The molecule has 1 aliphatic heterocycles. The molecule has 0 radical (unpaired) electrons. The molecule has 3 amide bonds. The van der Waals surface area contributed by atoms with E-state index in [0.717, 1.165) is 0 Å². The third-order valence-electron chi connectivity index (χ3n) is 6.00. The minimum Gasteiger partial charge on any atom is -0.480 e. The number of aryl methyl sites for hydroxylation is 1. The smallest absolute Gasteiger partial charge is 0.389 e. The van der Waals surface area contributed by atoms with Crippen LogP contribution in [0.1, 0.15) is 36.0 Å². The van der Waals surface area contributed by atoms with Crippen LogP contribution in [0.5, 0.6) is 0 Å².